The molecular formula is C15H12N4O2S. The number of nitrogens with zero attached hydrogens (tertiary/aromatic N) is 3. The van der Waals surface area contributed by atoms with Crippen LogP contribution >= 0.6 is 11.8 Å². The molecule has 0 unspecified atom stereocenters. The van der Waals surface area contributed by atoms with Crippen LogP contribution in [0.2, 0.25) is 0 Å². The summed E-state index contributed by atoms with van der Waals surface area (Å²) in [5.41, 5.74) is 1.54. The van der Waals surface area contributed by atoms with E-state index in [9.17, 15) is 4.79 Å². The molecule has 22 heavy (non-hydrogen) atoms. The molecule has 3 rings (SSSR count). The number of rotatable bonds is 4. The highest BCUT2D eigenvalue weighted by atomic mass is 32.2. The molecule has 6 nitrogen and oxygen atoms in total. The fourth-order valence-corrected chi connectivity index (χ4v) is 2.46. The molecule has 3 aromatic rings. The Balaban J connectivity index is 1.77. The van der Waals surface area contributed by atoms with Crippen molar-refractivity contribution in [2.24, 2.45) is 0 Å². The fraction of sp³-hybridized carbons (Fsp3) is 0.0667. The minimum atomic E-state index is -0.133. The minimum absolute atomic E-state index is 0.133. The van der Waals surface area contributed by atoms with Crippen molar-refractivity contribution in [1.29, 1.82) is 0 Å². The normalized spacial score (nSPS) is 10.4. The van der Waals surface area contributed by atoms with Gasteiger partial charge in [0, 0.05) is 24.4 Å². The van der Waals surface area contributed by atoms with Crippen molar-refractivity contribution < 1.29 is 9.21 Å². The Morgan fingerprint density at radius 2 is 2.00 bits per heavy atom. The molecule has 7 heteroatoms. The molecule has 0 radical (unpaired) electrons. The number of pyridine rings is 1. The quantitative estimate of drug-likeness (QED) is 0.796. The third kappa shape index (κ3) is 3.50. The van der Waals surface area contributed by atoms with Crippen molar-refractivity contribution >= 4 is 23.4 Å². The Morgan fingerprint density at radius 3 is 2.77 bits per heavy atom. The highest BCUT2D eigenvalue weighted by Gasteiger charge is 2.10. The smallest absolute Gasteiger partial charge is 0.283 e. The van der Waals surface area contributed by atoms with Crippen LogP contribution < -0.4 is 5.32 Å². The van der Waals surface area contributed by atoms with Gasteiger partial charge in [0.05, 0.1) is 0 Å². The Labute approximate surface area is 131 Å². The summed E-state index contributed by atoms with van der Waals surface area (Å²) in [4.78, 5) is 15.3. The number of carbonyl (C=O) groups is 1. The van der Waals surface area contributed by atoms with E-state index in [0.29, 0.717) is 21.8 Å². The highest BCUT2D eigenvalue weighted by Crippen LogP contribution is 2.28. The van der Waals surface area contributed by atoms with E-state index >= 15 is 0 Å². The maximum absolute atomic E-state index is 11.1. The van der Waals surface area contributed by atoms with Gasteiger partial charge in [-0.2, -0.15) is 0 Å². The number of aromatic nitrogens is 3. The van der Waals surface area contributed by atoms with Gasteiger partial charge in [0.1, 0.15) is 5.03 Å². The summed E-state index contributed by atoms with van der Waals surface area (Å²) >= 11 is 1.24. The van der Waals surface area contributed by atoms with E-state index in [1.165, 1.54) is 18.7 Å². The number of carbonyl (C=O) groups excluding carboxylic acids is 1. The first-order valence-corrected chi connectivity index (χ1v) is 7.33. The zero-order chi connectivity index (χ0) is 15.4. The molecule has 0 saturated carbocycles. The van der Waals surface area contributed by atoms with E-state index in [0.717, 1.165) is 5.56 Å². The number of benzene rings is 1. The monoisotopic (exact) mass is 312 g/mol. The molecule has 0 atom stereocenters. The van der Waals surface area contributed by atoms with E-state index in [1.807, 2.05) is 30.3 Å². The predicted molar refractivity (Wildman–Crippen MR) is 82.4 cm³/mol. The Morgan fingerprint density at radius 1 is 1.18 bits per heavy atom. The minimum Gasteiger partial charge on any atom is -0.411 e. The van der Waals surface area contributed by atoms with Gasteiger partial charge in [-0.25, -0.2) is 4.98 Å². The van der Waals surface area contributed by atoms with E-state index in [4.69, 9.17) is 4.42 Å². The number of hydrogen-bond acceptors (Lipinski definition) is 6. The molecule has 0 spiro atoms. The summed E-state index contributed by atoms with van der Waals surface area (Å²) in [7, 11) is 0. The van der Waals surface area contributed by atoms with Crippen LogP contribution in [0, 0.1) is 0 Å². The van der Waals surface area contributed by atoms with Gasteiger partial charge in [0.25, 0.3) is 5.22 Å². The van der Waals surface area contributed by atoms with Crippen molar-refractivity contribution in [1.82, 2.24) is 15.2 Å². The first-order chi connectivity index (χ1) is 10.7. The summed E-state index contributed by atoms with van der Waals surface area (Å²) < 4.78 is 5.61. The largest absolute Gasteiger partial charge is 0.411 e. The second-order valence-electron chi connectivity index (χ2n) is 4.41. The van der Waals surface area contributed by atoms with E-state index in [-0.39, 0.29) is 5.91 Å². The van der Waals surface area contributed by atoms with Gasteiger partial charge in [-0.3, -0.25) is 4.79 Å². The average molecular weight is 312 g/mol. The Kier molecular flexibility index (Phi) is 4.15. The van der Waals surface area contributed by atoms with Gasteiger partial charge in [-0.1, -0.05) is 18.2 Å². The van der Waals surface area contributed by atoms with E-state index in [1.54, 1.807) is 18.3 Å². The maximum Gasteiger partial charge on any atom is 0.283 e. The zero-order valence-corrected chi connectivity index (χ0v) is 12.5. The van der Waals surface area contributed by atoms with Crippen LogP contribution in [0.15, 0.2) is 63.3 Å². The molecule has 1 N–H and O–H groups in total. The number of hydrogen-bond donors (Lipinski definition) is 1. The van der Waals surface area contributed by atoms with Gasteiger partial charge >= 0.3 is 0 Å². The van der Waals surface area contributed by atoms with Crippen molar-refractivity contribution in [3.8, 4) is 11.5 Å². The second kappa shape index (κ2) is 6.40. The van der Waals surface area contributed by atoms with E-state index in [2.05, 4.69) is 20.5 Å². The predicted octanol–water partition coefficient (Wildman–Crippen LogP) is 3.24. The van der Waals surface area contributed by atoms with Crippen molar-refractivity contribution in [3.05, 3.63) is 48.7 Å². The summed E-state index contributed by atoms with van der Waals surface area (Å²) in [6.45, 7) is 1.46. The van der Waals surface area contributed by atoms with Crippen molar-refractivity contribution in [2.45, 2.75) is 17.2 Å². The molecule has 2 heterocycles. The van der Waals surface area contributed by atoms with Crippen molar-refractivity contribution in [3.63, 3.8) is 0 Å². The van der Waals surface area contributed by atoms with Crippen LogP contribution in [0.5, 0.6) is 0 Å². The summed E-state index contributed by atoms with van der Waals surface area (Å²) in [6.07, 6.45) is 1.61. The van der Waals surface area contributed by atoms with Gasteiger partial charge in [-0.05, 0) is 36.0 Å². The van der Waals surface area contributed by atoms with E-state index < -0.39 is 0 Å². The molecule has 0 saturated heterocycles. The van der Waals surface area contributed by atoms with Crippen LogP contribution in [-0.2, 0) is 4.79 Å². The summed E-state index contributed by atoms with van der Waals surface area (Å²) in [6, 6.07) is 13.0. The molecular weight excluding hydrogens is 300 g/mol. The third-order valence-electron chi connectivity index (χ3n) is 2.67. The lowest BCUT2D eigenvalue weighted by Gasteiger charge is -2.02. The molecule has 0 fully saturated rings. The molecule has 0 aliphatic heterocycles. The highest BCUT2D eigenvalue weighted by molar-refractivity contribution is 7.99. The number of amides is 1. The van der Waals surface area contributed by atoms with Gasteiger partial charge in [0.15, 0.2) is 0 Å². The third-order valence-corrected chi connectivity index (χ3v) is 3.45. The lowest BCUT2D eigenvalue weighted by molar-refractivity contribution is -0.114. The lowest BCUT2D eigenvalue weighted by Crippen LogP contribution is -2.05. The summed E-state index contributed by atoms with van der Waals surface area (Å²) in [5, 5.41) is 11.8. The van der Waals surface area contributed by atoms with Crippen LogP contribution in [0.4, 0.5) is 5.69 Å². The average Bonchev–Trinajstić information content (AvgIpc) is 2.96. The van der Waals surface area contributed by atoms with Crippen LogP contribution in [-0.4, -0.2) is 21.1 Å². The molecule has 0 aliphatic rings. The number of nitrogens with one attached hydrogen (secondary N) is 1. The fourth-order valence-electron chi connectivity index (χ4n) is 1.78. The molecule has 1 aromatic carbocycles. The maximum atomic E-state index is 11.1. The topological polar surface area (TPSA) is 80.9 Å². The van der Waals surface area contributed by atoms with Gasteiger partial charge in [0.2, 0.25) is 11.8 Å². The standard InChI is InChI=1S/C15H12N4O2S/c1-10(20)17-12-7-8-16-13(9-12)22-15-19-18-14(21-15)11-5-3-2-4-6-11/h2-9H,1H3,(H,16,17,20). The van der Waals surface area contributed by atoms with Gasteiger partial charge < -0.3 is 9.73 Å². The van der Waals surface area contributed by atoms with Gasteiger partial charge in [-0.15, -0.1) is 10.2 Å². The first-order valence-electron chi connectivity index (χ1n) is 6.51. The zero-order valence-electron chi connectivity index (χ0n) is 11.7. The SMILES string of the molecule is CC(=O)Nc1ccnc(Sc2nnc(-c3ccccc3)o2)c1. The van der Waals surface area contributed by atoms with Crippen LogP contribution in [0.25, 0.3) is 11.5 Å². The van der Waals surface area contributed by atoms with Crippen molar-refractivity contribution in [2.75, 3.05) is 5.32 Å². The molecule has 110 valence electrons. The summed E-state index contributed by atoms with van der Waals surface area (Å²) in [5.74, 6) is 0.326. The Hall–Kier alpha value is -2.67. The Bertz CT molecular complexity index is 789. The second-order valence-corrected chi connectivity index (χ2v) is 5.38. The lowest BCUT2D eigenvalue weighted by atomic mass is 10.2. The molecule has 0 aliphatic carbocycles. The number of anilines is 1. The van der Waals surface area contributed by atoms with Crippen LogP contribution in [0.1, 0.15) is 6.92 Å². The van der Waals surface area contributed by atoms with Crippen LogP contribution in [0.3, 0.4) is 0 Å². The molecule has 2 aromatic heterocycles. The molecule has 0 bridgehead atoms. The first kappa shape index (κ1) is 14.3. The molecule has 1 amide bonds.